The molecule has 2 aromatic rings. The van der Waals surface area contributed by atoms with Gasteiger partial charge in [-0.3, -0.25) is 9.78 Å². The smallest absolute Gasteiger partial charge is 0.268 e. The number of hydrogen-bond donors (Lipinski definition) is 2. The molecular weight excluding hydrogens is 238 g/mol. The molecule has 1 amide bonds. The molecule has 2 rings (SSSR count). The van der Waals surface area contributed by atoms with Crippen molar-refractivity contribution in [1.29, 1.82) is 0 Å². The van der Waals surface area contributed by atoms with Crippen LogP contribution in [0, 0.1) is 0 Å². The van der Waals surface area contributed by atoms with Crippen molar-refractivity contribution in [1.82, 2.24) is 9.97 Å². The maximum atomic E-state index is 11.2. The molecule has 17 heavy (non-hydrogen) atoms. The summed E-state index contributed by atoms with van der Waals surface area (Å²) in [5, 5.41) is 9.64. The topological polar surface area (TPSA) is 89.1 Å². The van der Waals surface area contributed by atoms with Gasteiger partial charge in [-0.05, 0) is 12.1 Å². The minimum atomic E-state index is -0.565. The van der Waals surface area contributed by atoms with Gasteiger partial charge in [-0.15, -0.1) is 11.3 Å². The third kappa shape index (κ3) is 2.48. The van der Waals surface area contributed by atoms with E-state index < -0.39 is 5.91 Å². The quantitative estimate of drug-likeness (QED) is 0.840. The van der Waals surface area contributed by atoms with E-state index in [2.05, 4.69) is 9.97 Å². The van der Waals surface area contributed by atoms with Crippen LogP contribution in [0.4, 0.5) is 0 Å². The zero-order valence-electron chi connectivity index (χ0n) is 8.96. The van der Waals surface area contributed by atoms with Gasteiger partial charge in [0.25, 0.3) is 5.91 Å². The number of amides is 1. The summed E-state index contributed by atoms with van der Waals surface area (Å²) < 4.78 is 0. The van der Waals surface area contributed by atoms with Gasteiger partial charge in [-0.2, -0.15) is 0 Å². The molecule has 0 aliphatic rings. The molecule has 0 aliphatic carbocycles. The fourth-order valence-electron chi connectivity index (χ4n) is 1.43. The van der Waals surface area contributed by atoms with E-state index in [4.69, 9.17) is 10.8 Å². The number of rotatable bonds is 4. The molecule has 0 atom stereocenters. The highest BCUT2D eigenvalue weighted by atomic mass is 32.1. The second-order valence-corrected chi connectivity index (χ2v) is 4.45. The number of aromatic nitrogens is 2. The molecule has 6 heteroatoms. The Labute approximate surface area is 102 Å². The number of aliphatic hydroxyl groups excluding tert-OH is 1. The maximum Gasteiger partial charge on any atom is 0.268 e. The SMILES string of the molecule is NC(=O)c1nc(-c2ccncc2)sc1CCO. The number of pyridine rings is 1. The van der Waals surface area contributed by atoms with Crippen molar-refractivity contribution < 1.29 is 9.90 Å². The first-order valence-electron chi connectivity index (χ1n) is 5.03. The second kappa shape index (κ2) is 5.03. The van der Waals surface area contributed by atoms with E-state index in [1.54, 1.807) is 12.4 Å². The van der Waals surface area contributed by atoms with Gasteiger partial charge in [0.1, 0.15) is 10.7 Å². The van der Waals surface area contributed by atoms with Crippen molar-refractivity contribution >= 4 is 17.2 Å². The summed E-state index contributed by atoms with van der Waals surface area (Å²) in [6.07, 6.45) is 3.71. The van der Waals surface area contributed by atoms with E-state index in [1.165, 1.54) is 11.3 Å². The predicted molar refractivity (Wildman–Crippen MR) is 64.7 cm³/mol. The highest BCUT2D eigenvalue weighted by molar-refractivity contribution is 7.15. The Bertz CT molecular complexity index is 525. The Hall–Kier alpha value is -1.79. The molecule has 0 saturated heterocycles. The fraction of sp³-hybridized carbons (Fsp3) is 0.182. The van der Waals surface area contributed by atoms with Crippen LogP contribution in [0.3, 0.4) is 0 Å². The standard InChI is InChI=1S/C11H11N3O2S/c12-10(16)9-8(3-6-15)17-11(14-9)7-1-4-13-5-2-7/h1-2,4-5,15H,3,6H2,(H2,12,16). The van der Waals surface area contributed by atoms with Gasteiger partial charge in [0.2, 0.25) is 0 Å². The summed E-state index contributed by atoms with van der Waals surface area (Å²) in [4.78, 5) is 20.0. The number of nitrogens with two attached hydrogens (primary N) is 1. The molecule has 0 aliphatic heterocycles. The van der Waals surface area contributed by atoms with E-state index in [0.717, 1.165) is 5.56 Å². The summed E-state index contributed by atoms with van der Waals surface area (Å²) in [5.41, 5.74) is 6.38. The van der Waals surface area contributed by atoms with Crippen LogP contribution in [0.2, 0.25) is 0 Å². The van der Waals surface area contributed by atoms with Crippen LogP contribution in [0.1, 0.15) is 15.4 Å². The Balaban J connectivity index is 2.44. The molecule has 88 valence electrons. The summed E-state index contributed by atoms with van der Waals surface area (Å²) >= 11 is 1.37. The Morgan fingerprint density at radius 1 is 1.41 bits per heavy atom. The van der Waals surface area contributed by atoms with Crippen molar-refractivity contribution in [2.45, 2.75) is 6.42 Å². The average molecular weight is 249 g/mol. The lowest BCUT2D eigenvalue weighted by Crippen LogP contribution is -2.14. The van der Waals surface area contributed by atoms with Crippen LogP contribution in [-0.4, -0.2) is 27.6 Å². The zero-order valence-corrected chi connectivity index (χ0v) is 9.78. The number of nitrogens with zero attached hydrogens (tertiary/aromatic N) is 2. The minimum Gasteiger partial charge on any atom is -0.396 e. The third-order valence-electron chi connectivity index (χ3n) is 2.20. The van der Waals surface area contributed by atoms with E-state index in [1.807, 2.05) is 12.1 Å². The number of hydrogen-bond acceptors (Lipinski definition) is 5. The zero-order chi connectivity index (χ0) is 12.3. The van der Waals surface area contributed by atoms with Crippen LogP contribution in [-0.2, 0) is 6.42 Å². The largest absolute Gasteiger partial charge is 0.396 e. The molecule has 0 radical (unpaired) electrons. The van der Waals surface area contributed by atoms with E-state index in [9.17, 15) is 4.79 Å². The van der Waals surface area contributed by atoms with Crippen molar-refractivity contribution in [2.75, 3.05) is 6.61 Å². The molecule has 0 saturated carbocycles. The van der Waals surface area contributed by atoms with Gasteiger partial charge in [0.05, 0.1) is 0 Å². The van der Waals surface area contributed by atoms with E-state index in [-0.39, 0.29) is 12.3 Å². The van der Waals surface area contributed by atoms with E-state index >= 15 is 0 Å². The maximum absolute atomic E-state index is 11.2. The molecule has 0 spiro atoms. The first kappa shape index (κ1) is 11.7. The van der Waals surface area contributed by atoms with Crippen molar-refractivity contribution in [3.8, 4) is 10.6 Å². The summed E-state index contributed by atoms with van der Waals surface area (Å²) in [6.45, 7) is -0.0295. The number of thiazole rings is 1. The third-order valence-corrected chi connectivity index (χ3v) is 3.36. The normalized spacial score (nSPS) is 10.4. The highest BCUT2D eigenvalue weighted by Crippen LogP contribution is 2.27. The Morgan fingerprint density at radius 2 is 2.12 bits per heavy atom. The summed E-state index contributed by atoms with van der Waals surface area (Å²) in [5.74, 6) is -0.565. The van der Waals surface area contributed by atoms with Gasteiger partial charge in [0, 0.05) is 35.9 Å². The van der Waals surface area contributed by atoms with Gasteiger partial charge < -0.3 is 10.8 Å². The van der Waals surface area contributed by atoms with Crippen LogP contribution >= 0.6 is 11.3 Å². The van der Waals surface area contributed by atoms with Gasteiger partial charge in [0.15, 0.2) is 0 Å². The monoisotopic (exact) mass is 249 g/mol. The van der Waals surface area contributed by atoms with Gasteiger partial charge >= 0.3 is 0 Å². The van der Waals surface area contributed by atoms with Crippen LogP contribution in [0.5, 0.6) is 0 Å². The lowest BCUT2D eigenvalue weighted by atomic mass is 10.2. The molecule has 0 unspecified atom stereocenters. The van der Waals surface area contributed by atoms with Gasteiger partial charge in [-0.1, -0.05) is 0 Å². The lowest BCUT2D eigenvalue weighted by molar-refractivity contribution is 0.0995. The fourth-order valence-corrected chi connectivity index (χ4v) is 2.49. The molecular formula is C11H11N3O2S. The number of carbonyl (C=O) groups is 1. The highest BCUT2D eigenvalue weighted by Gasteiger charge is 2.16. The first-order chi connectivity index (χ1) is 8.22. The predicted octanol–water partition coefficient (Wildman–Crippen LogP) is 0.839. The second-order valence-electron chi connectivity index (χ2n) is 3.36. The van der Waals surface area contributed by atoms with Crippen molar-refractivity contribution in [2.24, 2.45) is 5.73 Å². The van der Waals surface area contributed by atoms with Crippen molar-refractivity contribution in [3.63, 3.8) is 0 Å². The average Bonchev–Trinajstić information content (AvgIpc) is 2.75. The molecule has 2 aromatic heterocycles. The first-order valence-corrected chi connectivity index (χ1v) is 5.84. The summed E-state index contributed by atoms with van der Waals surface area (Å²) in [6, 6.07) is 3.62. The lowest BCUT2D eigenvalue weighted by Gasteiger charge is -1.93. The molecule has 0 bridgehead atoms. The molecule has 2 heterocycles. The minimum absolute atomic E-state index is 0.0295. The van der Waals surface area contributed by atoms with Crippen LogP contribution in [0.25, 0.3) is 10.6 Å². The summed E-state index contributed by atoms with van der Waals surface area (Å²) in [7, 11) is 0. The van der Waals surface area contributed by atoms with Gasteiger partial charge in [-0.25, -0.2) is 4.98 Å². The molecule has 0 fully saturated rings. The van der Waals surface area contributed by atoms with E-state index in [0.29, 0.717) is 16.3 Å². The van der Waals surface area contributed by atoms with Crippen LogP contribution < -0.4 is 5.73 Å². The Kier molecular flexibility index (Phi) is 3.46. The number of primary amides is 1. The molecule has 0 aromatic carbocycles. The molecule has 5 nitrogen and oxygen atoms in total. The van der Waals surface area contributed by atoms with Crippen LogP contribution in [0.15, 0.2) is 24.5 Å². The molecule has 3 N–H and O–H groups in total. The number of aliphatic hydroxyl groups is 1. The van der Waals surface area contributed by atoms with Crippen molar-refractivity contribution in [3.05, 3.63) is 35.1 Å². The Morgan fingerprint density at radius 3 is 2.71 bits per heavy atom. The number of carbonyl (C=O) groups excluding carboxylic acids is 1.